The minimum Gasteiger partial charge on any atom is -0.394 e. The fourth-order valence-corrected chi connectivity index (χ4v) is 2.49. The summed E-state index contributed by atoms with van der Waals surface area (Å²) < 4.78 is 10.5. The van der Waals surface area contributed by atoms with Crippen LogP contribution in [-0.2, 0) is 9.47 Å². The first kappa shape index (κ1) is 20.8. The molecule has 0 spiro atoms. The molecule has 0 aliphatic rings. The Morgan fingerprint density at radius 1 is 0.905 bits per heavy atom. The summed E-state index contributed by atoms with van der Waals surface area (Å²) in [7, 11) is 1.60. The van der Waals surface area contributed by atoms with Gasteiger partial charge < -0.3 is 19.7 Å². The molecule has 0 aliphatic heterocycles. The minimum absolute atomic E-state index is 0.0170. The van der Waals surface area contributed by atoms with Crippen LogP contribution in [-0.4, -0.2) is 42.9 Å². The Labute approximate surface area is 130 Å². The second kappa shape index (κ2) is 16.2. The van der Waals surface area contributed by atoms with Crippen molar-refractivity contribution in [2.45, 2.75) is 89.8 Å². The molecule has 4 nitrogen and oxygen atoms in total. The molecule has 128 valence electrons. The average Bonchev–Trinajstić information content (AvgIpc) is 2.50. The predicted octanol–water partition coefficient (Wildman–Crippen LogP) is 3.64. The van der Waals surface area contributed by atoms with Gasteiger partial charge in [0.15, 0.2) is 0 Å². The Morgan fingerprint density at radius 3 is 2.00 bits per heavy atom. The third-order valence-electron chi connectivity index (χ3n) is 3.80. The van der Waals surface area contributed by atoms with Gasteiger partial charge in [0.1, 0.15) is 6.79 Å². The number of hydrogen-bond acceptors (Lipinski definition) is 4. The summed E-state index contributed by atoms with van der Waals surface area (Å²) in [5, 5.41) is 18.4. The molecular formula is C17H36O4. The van der Waals surface area contributed by atoms with Crippen LogP contribution in [0.4, 0.5) is 0 Å². The third-order valence-corrected chi connectivity index (χ3v) is 3.80. The molecule has 0 bridgehead atoms. The Balaban J connectivity index is 3.53. The summed E-state index contributed by atoms with van der Waals surface area (Å²) in [5.74, 6) is 0. The molecule has 0 aromatic rings. The molecule has 0 heterocycles. The molecule has 0 saturated heterocycles. The van der Waals surface area contributed by atoms with Gasteiger partial charge in [-0.25, -0.2) is 0 Å². The summed E-state index contributed by atoms with van der Waals surface area (Å²) in [6.07, 6.45) is 12.4. The van der Waals surface area contributed by atoms with Gasteiger partial charge >= 0.3 is 0 Å². The number of ether oxygens (including phenoxy) is 2. The van der Waals surface area contributed by atoms with Crippen LogP contribution >= 0.6 is 0 Å². The molecular weight excluding hydrogens is 268 g/mol. The van der Waals surface area contributed by atoms with Gasteiger partial charge in [0, 0.05) is 13.5 Å². The highest BCUT2D eigenvalue weighted by Crippen LogP contribution is 2.15. The van der Waals surface area contributed by atoms with Gasteiger partial charge in [0.25, 0.3) is 0 Å². The van der Waals surface area contributed by atoms with Crippen LogP contribution in [0, 0.1) is 0 Å². The Hall–Kier alpha value is -0.160. The van der Waals surface area contributed by atoms with E-state index in [-0.39, 0.29) is 19.5 Å². The minimum atomic E-state index is -0.689. The van der Waals surface area contributed by atoms with Crippen LogP contribution in [0.1, 0.15) is 77.6 Å². The summed E-state index contributed by atoms with van der Waals surface area (Å²) in [6.45, 7) is 2.29. The van der Waals surface area contributed by atoms with E-state index in [1.807, 2.05) is 0 Å². The number of methoxy groups -OCH3 is 1. The normalized spacial score (nSPS) is 14.3. The second-order valence-corrected chi connectivity index (χ2v) is 5.88. The van der Waals surface area contributed by atoms with Crippen molar-refractivity contribution in [3.05, 3.63) is 0 Å². The van der Waals surface area contributed by atoms with Gasteiger partial charge in [-0.3, -0.25) is 0 Å². The number of aliphatic hydroxyl groups is 2. The van der Waals surface area contributed by atoms with E-state index in [4.69, 9.17) is 14.6 Å². The van der Waals surface area contributed by atoms with E-state index in [1.54, 1.807) is 7.11 Å². The van der Waals surface area contributed by atoms with Crippen molar-refractivity contribution in [2.75, 3.05) is 20.5 Å². The van der Waals surface area contributed by atoms with Crippen LogP contribution in [0.5, 0.6) is 0 Å². The quantitative estimate of drug-likeness (QED) is 0.338. The molecule has 0 radical (unpaired) electrons. The highest BCUT2D eigenvalue weighted by molar-refractivity contribution is 4.64. The van der Waals surface area contributed by atoms with Crippen LogP contribution in [0.25, 0.3) is 0 Å². The van der Waals surface area contributed by atoms with Crippen molar-refractivity contribution in [2.24, 2.45) is 0 Å². The molecule has 0 amide bonds. The molecule has 0 aromatic heterocycles. The first-order valence-electron chi connectivity index (χ1n) is 8.64. The van der Waals surface area contributed by atoms with Gasteiger partial charge in [-0.05, 0) is 6.42 Å². The van der Waals surface area contributed by atoms with Crippen LogP contribution < -0.4 is 0 Å². The monoisotopic (exact) mass is 304 g/mol. The van der Waals surface area contributed by atoms with Gasteiger partial charge in [0.2, 0.25) is 0 Å². The maximum absolute atomic E-state index is 9.50. The van der Waals surface area contributed by atoms with Gasteiger partial charge in [-0.2, -0.15) is 0 Å². The number of hydrogen-bond donors (Lipinski definition) is 2. The molecule has 0 aliphatic carbocycles. The maximum Gasteiger partial charge on any atom is 0.146 e. The second-order valence-electron chi connectivity index (χ2n) is 5.88. The predicted molar refractivity (Wildman–Crippen MR) is 86.3 cm³/mol. The average molecular weight is 304 g/mol. The summed E-state index contributed by atoms with van der Waals surface area (Å²) >= 11 is 0. The Bertz CT molecular complexity index is 199. The molecule has 2 atom stereocenters. The largest absolute Gasteiger partial charge is 0.394 e. The van der Waals surface area contributed by atoms with E-state index in [0.29, 0.717) is 6.42 Å². The smallest absolute Gasteiger partial charge is 0.146 e. The lowest BCUT2D eigenvalue weighted by molar-refractivity contribution is -0.0904. The fourth-order valence-electron chi connectivity index (χ4n) is 2.49. The highest BCUT2D eigenvalue weighted by atomic mass is 16.7. The molecule has 0 rings (SSSR count). The summed E-state index contributed by atoms with van der Waals surface area (Å²) in [6, 6.07) is 0. The van der Waals surface area contributed by atoms with Crippen LogP contribution in [0.2, 0.25) is 0 Å². The molecule has 2 N–H and O–H groups in total. The van der Waals surface area contributed by atoms with Crippen molar-refractivity contribution in [3.8, 4) is 0 Å². The molecule has 21 heavy (non-hydrogen) atoms. The van der Waals surface area contributed by atoms with Crippen molar-refractivity contribution in [1.82, 2.24) is 0 Å². The first-order chi connectivity index (χ1) is 10.2. The zero-order valence-corrected chi connectivity index (χ0v) is 14.1. The molecule has 0 aromatic carbocycles. The van der Waals surface area contributed by atoms with Crippen molar-refractivity contribution in [3.63, 3.8) is 0 Å². The van der Waals surface area contributed by atoms with Gasteiger partial charge in [0.05, 0.1) is 18.8 Å². The fraction of sp³-hybridized carbons (Fsp3) is 1.00. The van der Waals surface area contributed by atoms with Crippen LogP contribution in [0.3, 0.4) is 0 Å². The molecule has 0 fully saturated rings. The lowest BCUT2D eigenvalue weighted by Gasteiger charge is -2.19. The number of aliphatic hydroxyl groups excluding tert-OH is 2. The zero-order valence-electron chi connectivity index (χ0n) is 14.1. The topological polar surface area (TPSA) is 58.9 Å². The van der Waals surface area contributed by atoms with E-state index in [2.05, 4.69) is 6.92 Å². The first-order valence-corrected chi connectivity index (χ1v) is 8.64. The lowest BCUT2D eigenvalue weighted by atomic mass is 10.0. The SMILES string of the molecule is CCCCCCCCCCC[C@H](C[C@H](O)CO)OCOC. The van der Waals surface area contributed by atoms with Gasteiger partial charge in [-0.15, -0.1) is 0 Å². The van der Waals surface area contributed by atoms with E-state index in [1.165, 1.54) is 51.4 Å². The molecule has 0 saturated carbocycles. The summed E-state index contributed by atoms with van der Waals surface area (Å²) in [5.41, 5.74) is 0. The van der Waals surface area contributed by atoms with E-state index >= 15 is 0 Å². The molecule has 0 unspecified atom stereocenters. The highest BCUT2D eigenvalue weighted by Gasteiger charge is 2.14. The zero-order chi connectivity index (χ0) is 15.8. The maximum atomic E-state index is 9.50. The van der Waals surface area contributed by atoms with Crippen molar-refractivity contribution < 1.29 is 19.7 Å². The number of rotatable bonds is 16. The van der Waals surface area contributed by atoms with Crippen LogP contribution in [0.15, 0.2) is 0 Å². The van der Waals surface area contributed by atoms with E-state index in [0.717, 1.165) is 12.8 Å². The third kappa shape index (κ3) is 14.5. The standard InChI is InChI=1S/C17H36O4/c1-3-4-5-6-7-8-9-10-11-12-17(21-15-20-2)13-16(19)14-18/h16-19H,3-15H2,1-2H3/t16-,17+/m0/s1. The Morgan fingerprint density at radius 2 is 1.48 bits per heavy atom. The van der Waals surface area contributed by atoms with E-state index < -0.39 is 6.10 Å². The summed E-state index contributed by atoms with van der Waals surface area (Å²) in [4.78, 5) is 0. The van der Waals surface area contributed by atoms with E-state index in [9.17, 15) is 5.11 Å². The van der Waals surface area contributed by atoms with Crippen molar-refractivity contribution in [1.29, 1.82) is 0 Å². The number of unbranched alkanes of at least 4 members (excludes halogenated alkanes) is 8. The Kier molecular flexibility index (Phi) is 16.1. The van der Waals surface area contributed by atoms with Gasteiger partial charge in [-0.1, -0.05) is 64.7 Å². The lowest BCUT2D eigenvalue weighted by Crippen LogP contribution is -2.24. The van der Waals surface area contributed by atoms with Crippen molar-refractivity contribution >= 4 is 0 Å². The molecule has 4 heteroatoms.